The molecule has 0 radical (unpaired) electrons. The van der Waals surface area contributed by atoms with Gasteiger partial charge in [0, 0.05) is 37.7 Å². The molecule has 2 fully saturated rings. The number of sulfonamides is 1. The van der Waals surface area contributed by atoms with Gasteiger partial charge < -0.3 is 19.8 Å². The third kappa shape index (κ3) is 5.61. The maximum Gasteiger partial charge on any atom is 0.316 e. The number of oxazole rings is 1. The van der Waals surface area contributed by atoms with Crippen molar-refractivity contribution in [1.82, 2.24) is 19.1 Å². The number of hydrogen-bond acceptors (Lipinski definition) is 9. The second-order valence-corrected chi connectivity index (χ2v) is 12.8. The Kier molecular flexibility index (Phi) is 6.69. The number of halogens is 2. The zero-order valence-electron chi connectivity index (χ0n) is 22.2. The highest BCUT2D eigenvalue weighted by atomic mass is 32.2. The van der Waals surface area contributed by atoms with Crippen LogP contribution < -0.4 is 20.9 Å². The third-order valence-corrected chi connectivity index (χ3v) is 9.32. The van der Waals surface area contributed by atoms with Crippen LogP contribution >= 0.6 is 0 Å². The summed E-state index contributed by atoms with van der Waals surface area (Å²) in [5.74, 6) is -1.89. The Bertz CT molecular complexity index is 1780. The van der Waals surface area contributed by atoms with Gasteiger partial charge in [-0.2, -0.15) is 19.1 Å². The van der Waals surface area contributed by atoms with Crippen LogP contribution in [0.4, 0.5) is 20.5 Å². The highest BCUT2D eigenvalue weighted by Gasteiger charge is 2.39. The molecule has 2 aromatic carbocycles. The van der Waals surface area contributed by atoms with E-state index in [9.17, 15) is 22.0 Å². The Labute approximate surface area is 234 Å². The van der Waals surface area contributed by atoms with Crippen molar-refractivity contribution in [3.63, 3.8) is 0 Å². The van der Waals surface area contributed by atoms with Crippen molar-refractivity contribution < 1.29 is 26.4 Å². The van der Waals surface area contributed by atoms with Crippen molar-refractivity contribution in [2.24, 2.45) is 5.41 Å². The summed E-state index contributed by atoms with van der Waals surface area (Å²) < 4.78 is 67.8. The number of anilines is 2. The van der Waals surface area contributed by atoms with Crippen molar-refractivity contribution in [1.29, 1.82) is 0 Å². The van der Waals surface area contributed by atoms with E-state index in [1.165, 1.54) is 10.5 Å². The summed E-state index contributed by atoms with van der Waals surface area (Å²) in [6, 6.07) is 7.69. The standard InChI is InChI=1S/C27H28F2N6O5S/c1-27(4-5-27)16-39-24-22(14-31-35(25(24)36)20-12-18(28)11-19(29)13-20)33-6-8-34(9-7-33)41(37,38)15-17-2-3-23-21(10-17)32-26(30)40-23/h2-3,10-14H,4-9,15-16H2,1H3,(H2,30,32). The topological polar surface area (TPSA) is 137 Å². The lowest BCUT2D eigenvalue weighted by molar-refractivity contribution is 0.242. The summed E-state index contributed by atoms with van der Waals surface area (Å²) in [4.78, 5) is 19.4. The zero-order valence-corrected chi connectivity index (χ0v) is 23.0. The average Bonchev–Trinajstić information content (AvgIpc) is 3.53. The molecule has 0 bridgehead atoms. The average molecular weight is 587 g/mol. The molecule has 2 N–H and O–H groups in total. The fraction of sp³-hybridized carbons (Fsp3) is 0.370. The van der Waals surface area contributed by atoms with Gasteiger partial charge in [-0.25, -0.2) is 17.2 Å². The van der Waals surface area contributed by atoms with Gasteiger partial charge >= 0.3 is 5.56 Å². The Hall–Kier alpha value is -4.04. The summed E-state index contributed by atoms with van der Waals surface area (Å²) in [5.41, 5.74) is 6.73. The maximum absolute atomic E-state index is 13.9. The van der Waals surface area contributed by atoms with Crippen molar-refractivity contribution in [2.75, 3.05) is 43.4 Å². The van der Waals surface area contributed by atoms with Gasteiger partial charge in [0.15, 0.2) is 5.58 Å². The minimum Gasteiger partial charge on any atom is -0.486 e. The third-order valence-electron chi connectivity index (χ3n) is 7.47. The van der Waals surface area contributed by atoms with Gasteiger partial charge in [-0.05, 0) is 42.7 Å². The van der Waals surface area contributed by atoms with E-state index in [1.807, 2.05) is 11.8 Å². The van der Waals surface area contributed by atoms with Gasteiger partial charge in [-0.1, -0.05) is 13.0 Å². The smallest absolute Gasteiger partial charge is 0.316 e. The predicted molar refractivity (Wildman–Crippen MR) is 147 cm³/mol. The molecule has 11 nitrogen and oxygen atoms in total. The molecule has 216 valence electrons. The molecule has 1 saturated carbocycles. The predicted octanol–water partition coefficient (Wildman–Crippen LogP) is 3.07. The SMILES string of the molecule is CC1(COc2c(N3CCN(S(=O)(=O)Cc4ccc5oc(N)nc5c4)CC3)cnn(-c3cc(F)cc(F)c3)c2=O)CC1. The van der Waals surface area contributed by atoms with Gasteiger partial charge in [0.2, 0.25) is 15.8 Å². The first-order valence-electron chi connectivity index (χ1n) is 13.1. The van der Waals surface area contributed by atoms with Crippen molar-refractivity contribution in [2.45, 2.75) is 25.5 Å². The zero-order chi connectivity index (χ0) is 28.9. The normalized spacial score (nSPS) is 17.2. The number of hydrogen-bond donors (Lipinski definition) is 1. The van der Waals surface area contributed by atoms with E-state index in [2.05, 4.69) is 10.1 Å². The number of benzene rings is 2. The minimum absolute atomic E-state index is 0.00860. The first kappa shape index (κ1) is 27.1. The molecule has 1 aliphatic heterocycles. The summed E-state index contributed by atoms with van der Waals surface area (Å²) in [6.07, 6.45) is 3.34. The van der Waals surface area contributed by atoms with E-state index >= 15 is 0 Å². The number of rotatable bonds is 8. The Morgan fingerprint density at radius 2 is 1.78 bits per heavy atom. The maximum atomic E-state index is 13.9. The van der Waals surface area contributed by atoms with E-state index < -0.39 is 27.2 Å². The lowest BCUT2D eigenvalue weighted by Crippen LogP contribution is -2.49. The Morgan fingerprint density at radius 3 is 2.46 bits per heavy atom. The quantitative estimate of drug-likeness (QED) is 0.330. The fourth-order valence-electron chi connectivity index (χ4n) is 4.83. The van der Waals surface area contributed by atoms with Crippen molar-refractivity contribution in [3.05, 3.63) is 70.1 Å². The molecule has 0 atom stereocenters. The number of nitrogens with two attached hydrogens (primary N) is 1. The van der Waals surface area contributed by atoms with Crippen LogP contribution in [0.2, 0.25) is 0 Å². The first-order chi connectivity index (χ1) is 19.5. The molecule has 0 unspecified atom stereocenters. The summed E-state index contributed by atoms with van der Waals surface area (Å²) >= 11 is 0. The molecule has 3 heterocycles. The lowest BCUT2D eigenvalue weighted by Gasteiger charge is -2.35. The Morgan fingerprint density at radius 1 is 1.07 bits per heavy atom. The van der Waals surface area contributed by atoms with Gasteiger partial charge in [-0.15, -0.1) is 0 Å². The van der Waals surface area contributed by atoms with E-state index in [-0.39, 0.29) is 54.8 Å². The molecule has 41 heavy (non-hydrogen) atoms. The van der Waals surface area contributed by atoms with E-state index in [0.717, 1.165) is 29.7 Å². The Balaban J connectivity index is 1.22. The van der Waals surface area contributed by atoms with Crippen LogP contribution in [0, 0.1) is 17.0 Å². The summed E-state index contributed by atoms with van der Waals surface area (Å²) in [7, 11) is -3.66. The summed E-state index contributed by atoms with van der Waals surface area (Å²) in [5, 5.41) is 4.17. The second-order valence-electron chi connectivity index (χ2n) is 10.8. The van der Waals surface area contributed by atoms with Crippen LogP contribution in [0.5, 0.6) is 5.75 Å². The largest absolute Gasteiger partial charge is 0.486 e. The van der Waals surface area contributed by atoms with Gasteiger partial charge in [-0.3, -0.25) is 4.79 Å². The van der Waals surface area contributed by atoms with E-state index in [1.54, 1.807) is 18.2 Å². The molecule has 1 saturated heterocycles. The van der Waals surface area contributed by atoms with Crippen LogP contribution in [-0.2, 0) is 15.8 Å². The van der Waals surface area contributed by atoms with Crippen molar-refractivity contribution in [3.8, 4) is 11.4 Å². The van der Waals surface area contributed by atoms with Crippen LogP contribution in [0.15, 0.2) is 51.8 Å². The number of aromatic nitrogens is 3. The molecule has 2 aliphatic rings. The van der Waals surface area contributed by atoms with E-state index in [0.29, 0.717) is 35.0 Å². The van der Waals surface area contributed by atoms with Crippen molar-refractivity contribution >= 4 is 32.8 Å². The molecular formula is C27H28F2N6O5S. The first-order valence-corrected chi connectivity index (χ1v) is 14.7. The van der Waals surface area contributed by atoms with Crippen LogP contribution in [0.25, 0.3) is 16.8 Å². The summed E-state index contributed by atoms with van der Waals surface area (Å²) in [6.45, 7) is 3.27. The van der Waals surface area contributed by atoms with Crippen LogP contribution in [-0.4, -0.2) is 60.3 Å². The monoisotopic (exact) mass is 586 g/mol. The van der Waals surface area contributed by atoms with Gasteiger partial charge in [0.25, 0.3) is 6.01 Å². The lowest BCUT2D eigenvalue weighted by atomic mass is 10.2. The highest BCUT2D eigenvalue weighted by Crippen LogP contribution is 2.45. The second kappa shape index (κ2) is 10.1. The molecule has 0 spiro atoms. The molecule has 4 aromatic rings. The molecular weight excluding hydrogens is 558 g/mol. The molecule has 14 heteroatoms. The molecule has 6 rings (SSSR count). The number of nitrogen functional groups attached to an aromatic ring is 1. The number of piperazine rings is 1. The van der Waals surface area contributed by atoms with Gasteiger partial charge in [0.05, 0.1) is 24.2 Å². The highest BCUT2D eigenvalue weighted by molar-refractivity contribution is 7.88. The van der Waals surface area contributed by atoms with E-state index in [4.69, 9.17) is 14.9 Å². The molecule has 1 aliphatic carbocycles. The minimum atomic E-state index is -3.66. The number of nitrogens with zero attached hydrogens (tertiary/aromatic N) is 5. The molecule has 0 amide bonds. The van der Waals surface area contributed by atoms with Gasteiger partial charge in [0.1, 0.15) is 22.8 Å². The fourth-order valence-corrected chi connectivity index (χ4v) is 6.33. The number of ether oxygens (including phenoxy) is 1. The molecule has 2 aromatic heterocycles. The van der Waals surface area contributed by atoms with Crippen LogP contribution in [0.3, 0.4) is 0 Å². The van der Waals surface area contributed by atoms with Crippen LogP contribution in [0.1, 0.15) is 25.3 Å². The number of fused-ring (bicyclic) bond motifs is 1.